The molecular weight excluding hydrogens is 321 g/mol. The summed E-state index contributed by atoms with van der Waals surface area (Å²) in [5.74, 6) is -0.416. The number of halogens is 3. The zero-order valence-electron chi connectivity index (χ0n) is 12.7. The lowest BCUT2D eigenvalue weighted by atomic mass is 10.1. The maximum Gasteiger partial charge on any atom is 0.416 e. The average Bonchev–Trinajstić information content (AvgIpc) is 2.97. The first-order valence-corrected chi connectivity index (χ1v) is 7.13. The van der Waals surface area contributed by atoms with Crippen molar-refractivity contribution in [2.45, 2.75) is 12.6 Å². The van der Waals surface area contributed by atoms with Crippen LogP contribution in [0.1, 0.15) is 11.1 Å². The monoisotopic (exact) mass is 334 g/mol. The van der Waals surface area contributed by atoms with E-state index in [-0.39, 0.29) is 18.0 Å². The topological polar surface area (TPSA) is 46.3 Å². The Kier molecular flexibility index (Phi) is 4.01. The number of amides is 1. The third-order valence-electron chi connectivity index (χ3n) is 3.55. The van der Waals surface area contributed by atoms with Crippen molar-refractivity contribution in [3.05, 3.63) is 59.7 Å². The van der Waals surface area contributed by atoms with E-state index in [1.807, 2.05) is 0 Å². The van der Waals surface area contributed by atoms with Gasteiger partial charge >= 0.3 is 12.2 Å². The number of likely N-dealkylation sites (N-methyl/N-ethyl adjacent to an activating group) is 1. The fourth-order valence-electron chi connectivity index (χ4n) is 2.26. The Morgan fingerprint density at radius 1 is 1.17 bits per heavy atom. The summed E-state index contributed by atoms with van der Waals surface area (Å²) in [6.07, 6.45) is -4.62. The summed E-state index contributed by atoms with van der Waals surface area (Å²) < 4.78 is 43.7. The summed E-state index contributed by atoms with van der Waals surface area (Å²) in [7, 11) is 1.47. The first-order valence-electron chi connectivity index (χ1n) is 7.13. The SMILES string of the molecule is CN(C(=O)Cc1cccc(C(F)(F)F)c1)c1nc2ccccc2o1. The molecule has 0 saturated carbocycles. The number of hydrogen-bond acceptors (Lipinski definition) is 3. The van der Waals surface area contributed by atoms with Crippen molar-refractivity contribution >= 4 is 23.0 Å². The largest absolute Gasteiger partial charge is 0.423 e. The average molecular weight is 334 g/mol. The predicted octanol–water partition coefficient (Wildman–Crippen LogP) is 4.05. The molecule has 1 aromatic heterocycles. The summed E-state index contributed by atoms with van der Waals surface area (Å²) in [5.41, 5.74) is 0.632. The van der Waals surface area contributed by atoms with Crippen LogP contribution in [-0.2, 0) is 17.4 Å². The van der Waals surface area contributed by atoms with Gasteiger partial charge in [-0.1, -0.05) is 30.3 Å². The molecule has 7 heteroatoms. The van der Waals surface area contributed by atoms with Gasteiger partial charge in [-0.25, -0.2) is 0 Å². The number of rotatable bonds is 3. The van der Waals surface area contributed by atoms with Gasteiger partial charge in [-0.2, -0.15) is 18.2 Å². The summed E-state index contributed by atoms with van der Waals surface area (Å²) >= 11 is 0. The minimum atomic E-state index is -4.44. The normalized spacial score (nSPS) is 11.7. The highest BCUT2D eigenvalue weighted by atomic mass is 19.4. The number of anilines is 1. The summed E-state index contributed by atoms with van der Waals surface area (Å²) in [5, 5.41) is 0. The van der Waals surface area contributed by atoms with Crippen molar-refractivity contribution in [3.63, 3.8) is 0 Å². The second-order valence-electron chi connectivity index (χ2n) is 5.29. The van der Waals surface area contributed by atoms with Gasteiger partial charge in [-0.3, -0.25) is 9.69 Å². The zero-order valence-corrected chi connectivity index (χ0v) is 12.7. The second-order valence-corrected chi connectivity index (χ2v) is 5.29. The highest BCUT2D eigenvalue weighted by molar-refractivity contribution is 5.93. The Labute approximate surface area is 135 Å². The zero-order chi connectivity index (χ0) is 17.3. The van der Waals surface area contributed by atoms with E-state index < -0.39 is 17.6 Å². The van der Waals surface area contributed by atoms with E-state index in [0.717, 1.165) is 12.1 Å². The van der Waals surface area contributed by atoms with E-state index in [4.69, 9.17) is 4.42 Å². The van der Waals surface area contributed by atoms with Crippen LogP contribution in [0.4, 0.5) is 19.2 Å². The predicted molar refractivity (Wildman–Crippen MR) is 82.6 cm³/mol. The molecule has 0 N–H and O–H groups in total. The van der Waals surface area contributed by atoms with Gasteiger partial charge in [0.2, 0.25) is 5.91 Å². The van der Waals surface area contributed by atoms with Crippen LogP contribution in [0.15, 0.2) is 52.9 Å². The number of fused-ring (bicyclic) bond motifs is 1. The van der Waals surface area contributed by atoms with Crippen LogP contribution in [0.5, 0.6) is 0 Å². The van der Waals surface area contributed by atoms with Crippen LogP contribution in [0, 0.1) is 0 Å². The van der Waals surface area contributed by atoms with Gasteiger partial charge in [0.15, 0.2) is 5.58 Å². The molecular formula is C17H13F3N2O2. The molecule has 0 unspecified atom stereocenters. The second kappa shape index (κ2) is 5.99. The molecule has 24 heavy (non-hydrogen) atoms. The molecule has 0 spiro atoms. The number of aromatic nitrogens is 1. The van der Waals surface area contributed by atoms with Crippen molar-refractivity contribution in [2.24, 2.45) is 0 Å². The molecule has 3 aromatic rings. The molecule has 1 amide bonds. The van der Waals surface area contributed by atoms with Gasteiger partial charge in [0.25, 0.3) is 0 Å². The molecule has 2 aromatic carbocycles. The molecule has 1 heterocycles. The van der Waals surface area contributed by atoms with Gasteiger partial charge < -0.3 is 4.42 Å². The van der Waals surface area contributed by atoms with Crippen LogP contribution in [0.2, 0.25) is 0 Å². The molecule has 0 atom stereocenters. The van der Waals surface area contributed by atoms with E-state index in [9.17, 15) is 18.0 Å². The van der Waals surface area contributed by atoms with Crippen LogP contribution in [0.3, 0.4) is 0 Å². The van der Waals surface area contributed by atoms with Crippen molar-refractivity contribution in [2.75, 3.05) is 11.9 Å². The quantitative estimate of drug-likeness (QED) is 0.726. The van der Waals surface area contributed by atoms with E-state index in [1.54, 1.807) is 24.3 Å². The fourth-order valence-corrected chi connectivity index (χ4v) is 2.26. The first kappa shape index (κ1) is 16.0. The van der Waals surface area contributed by atoms with Crippen LogP contribution in [0.25, 0.3) is 11.1 Å². The molecule has 0 aliphatic rings. The molecule has 3 rings (SSSR count). The highest BCUT2D eigenvalue weighted by Crippen LogP contribution is 2.29. The fraction of sp³-hybridized carbons (Fsp3) is 0.176. The molecule has 0 aliphatic heterocycles. The molecule has 4 nitrogen and oxygen atoms in total. The number of benzene rings is 2. The lowest BCUT2D eigenvalue weighted by Crippen LogP contribution is -2.28. The molecule has 0 saturated heterocycles. The Hall–Kier alpha value is -2.83. The number of hydrogen-bond donors (Lipinski definition) is 0. The van der Waals surface area contributed by atoms with Gasteiger partial charge in [-0.15, -0.1) is 0 Å². The minimum Gasteiger partial charge on any atom is -0.423 e. The lowest BCUT2D eigenvalue weighted by Gasteiger charge is -2.13. The Bertz CT molecular complexity index is 854. The maximum atomic E-state index is 12.7. The van der Waals surface area contributed by atoms with Gasteiger partial charge in [0.05, 0.1) is 12.0 Å². The van der Waals surface area contributed by atoms with Crippen molar-refractivity contribution in [1.82, 2.24) is 4.98 Å². The Morgan fingerprint density at radius 2 is 1.92 bits per heavy atom. The molecule has 124 valence electrons. The van der Waals surface area contributed by atoms with E-state index in [2.05, 4.69) is 4.98 Å². The van der Waals surface area contributed by atoms with Gasteiger partial charge in [0, 0.05) is 7.05 Å². The summed E-state index contributed by atoms with van der Waals surface area (Å²) in [6.45, 7) is 0. The summed E-state index contributed by atoms with van der Waals surface area (Å²) in [6, 6.07) is 11.8. The van der Waals surface area contributed by atoms with Crippen molar-refractivity contribution in [3.8, 4) is 0 Å². The number of nitrogens with zero attached hydrogens (tertiary/aromatic N) is 2. The number of oxazole rings is 1. The molecule has 0 fully saturated rings. The molecule has 0 bridgehead atoms. The highest BCUT2D eigenvalue weighted by Gasteiger charge is 2.30. The summed E-state index contributed by atoms with van der Waals surface area (Å²) in [4.78, 5) is 17.7. The van der Waals surface area contributed by atoms with E-state index in [1.165, 1.54) is 24.1 Å². The van der Waals surface area contributed by atoms with Crippen LogP contribution >= 0.6 is 0 Å². The number of carbonyl (C=O) groups is 1. The van der Waals surface area contributed by atoms with E-state index >= 15 is 0 Å². The third kappa shape index (κ3) is 3.24. The minimum absolute atomic E-state index is 0.105. The van der Waals surface area contributed by atoms with Gasteiger partial charge in [-0.05, 0) is 23.8 Å². The van der Waals surface area contributed by atoms with Crippen molar-refractivity contribution in [1.29, 1.82) is 0 Å². The molecule has 0 aliphatic carbocycles. The first-order chi connectivity index (χ1) is 11.3. The number of alkyl halides is 3. The van der Waals surface area contributed by atoms with Crippen molar-refractivity contribution < 1.29 is 22.4 Å². The molecule has 0 radical (unpaired) electrons. The maximum absolute atomic E-state index is 12.7. The van der Waals surface area contributed by atoms with Crippen LogP contribution in [-0.4, -0.2) is 17.9 Å². The third-order valence-corrected chi connectivity index (χ3v) is 3.55. The lowest BCUT2D eigenvalue weighted by molar-refractivity contribution is -0.137. The van der Waals surface area contributed by atoms with E-state index in [0.29, 0.717) is 11.1 Å². The number of para-hydroxylation sites is 2. The number of carbonyl (C=O) groups excluding carboxylic acids is 1. The van der Waals surface area contributed by atoms with Gasteiger partial charge in [0.1, 0.15) is 5.52 Å². The standard InChI is InChI=1S/C17H13F3N2O2/c1-22(16-21-13-7-2-3-8-14(13)24-16)15(23)10-11-5-4-6-12(9-11)17(18,19)20/h2-9H,10H2,1H3. The van der Waals surface area contributed by atoms with Crippen LogP contribution < -0.4 is 4.90 Å². The Balaban J connectivity index is 1.79. The smallest absolute Gasteiger partial charge is 0.416 e. The Morgan fingerprint density at radius 3 is 2.62 bits per heavy atom.